The third-order valence-electron chi connectivity index (χ3n) is 2.23. The molecule has 0 saturated carbocycles. The molecule has 13 heavy (non-hydrogen) atoms. The fraction of sp³-hybridized carbons (Fsp3) is 1.00. The van der Waals surface area contributed by atoms with Gasteiger partial charge in [-0.2, -0.15) is 0 Å². The minimum Gasteiger partial charge on any atom is -0.385 e. The van der Waals surface area contributed by atoms with Crippen molar-refractivity contribution in [2.45, 2.75) is 45.2 Å². The van der Waals surface area contributed by atoms with Gasteiger partial charge in [0.2, 0.25) is 0 Å². The first-order chi connectivity index (χ1) is 6.24. The molecule has 3 heteroatoms. The monoisotopic (exact) mass is 207 g/mol. The zero-order valence-corrected chi connectivity index (χ0v) is 9.73. The molecule has 0 aromatic rings. The molecule has 0 saturated heterocycles. The minimum atomic E-state index is 0.521. The van der Waals surface area contributed by atoms with E-state index in [1.165, 1.54) is 0 Å². The zero-order valence-electron chi connectivity index (χ0n) is 8.98. The van der Waals surface area contributed by atoms with E-state index in [0.717, 1.165) is 31.7 Å². The number of ether oxygens (including phenoxy) is 1. The number of alkyl halides is 1. The van der Waals surface area contributed by atoms with Crippen molar-refractivity contribution in [2.24, 2.45) is 0 Å². The van der Waals surface area contributed by atoms with Gasteiger partial charge in [0.1, 0.15) is 0 Å². The molecule has 2 atom stereocenters. The van der Waals surface area contributed by atoms with Crippen molar-refractivity contribution >= 4 is 11.6 Å². The van der Waals surface area contributed by atoms with E-state index in [-0.39, 0.29) is 0 Å². The summed E-state index contributed by atoms with van der Waals surface area (Å²) in [7, 11) is 1.74. The van der Waals surface area contributed by atoms with Crippen molar-refractivity contribution in [1.29, 1.82) is 0 Å². The molecule has 0 bridgehead atoms. The Balaban J connectivity index is 3.53. The summed E-state index contributed by atoms with van der Waals surface area (Å²) in [4.78, 5) is 0. The molecule has 0 rings (SSSR count). The van der Waals surface area contributed by atoms with Gasteiger partial charge in [0.15, 0.2) is 0 Å². The highest BCUT2D eigenvalue weighted by atomic mass is 35.5. The molecular formula is C10H22ClNO. The lowest BCUT2D eigenvalue weighted by atomic mass is 10.1. The second-order valence-corrected chi connectivity index (χ2v) is 3.81. The third kappa shape index (κ3) is 7.29. The van der Waals surface area contributed by atoms with Gasteiger partial charge in [0.05, 0.1) is 0 Å². The fourth-order valence-corrected chi connectivity index (χ4v) is 1.58. The van der Waals surface area contributed by atoms with Crippen LogP contribution in [0.15, 0.2) is 0 Å². The molecule has 0 radical (unpaired) electrons. The van der Waals surface area contributed by atoms with E-state index in [2.05, 4.69) is 19.2 Å². The smallest absolute Gasteiger partial charge is 0.0476 e. The summed E-state index contributed by atoms with van der Waals surface area (Å²) in [6.45, 7) is 5.20. The number of halogens is 1. The Morgan fingerprint density at radius 1 is 1.38 bits per heavy atom. The van der Waals surface area contributed by atoms with E-state index in [1.807, 2.05) is 0 Å². The van der Waals surface area contributed by atoms with E-state index < -0.39 is 0 Å². The molecule has 1 N–H and O–H groups in total. The largest absolute Gasteiger partial charge is 0.385 e. The van der Waals surface area contributed by atoms with Gasteiger partial charge in [-0.15, -0.1) is 11.6 Å². The molecule has 2 unspecified atom stereocenters. The third-order valence-corrected chi connectivity index (χ3v) is 2.44. The predicted octanol–water partition coefficient (Wildman–Crippen LogP) is 2.41. The highest BCUT2D eigenvalue weighted by Gasteiger charge is 2.08. The van der Waals surface area contributed by atoms with Crippen LogP contribution in [0.2, 0.25) is 0 Å². The molecule has 2 nitrogen and oxygen atoms in total. The Kier molecular flexibility index (Phi) is 8.93. The summed E-state index contributed by atoms with van der Waals surface area (Å²) in [5, 5.41) is 3.54. The van der Waals surface area contributed by atoms with Crippen LogP contribution < -0.4 is 5.32 Å². The van der Waals surface area contributed by atoms with E-state index >= 15 is 0 Å². The van der Waals surface area contributed by atoms with Gasteiger partial charge in [-0.25, -0.2) is 0 Å². The fourth-order valence-electron chi connectivity index (χ4n) is 1.32. The van der Waals surface area contributed by atoms with Crippen molar-refractivity contribution in [3.05, 3.63) is 0 Å². The lowest BCUT2D eigenvalue weighted by Gasteiger charge is -2.21. The van der Waals surface area contributed by atoms with Crippen LogP contribution in [0.5, 0.6) is 0 Å². The van der Waals surface area contributed by atoms with Crippen molar-refractivity contribution in [2.75, 3.05) is 19.6 Å². The van der Waals surface area contributed by atoms with Gasteiger partial charge in [0.25, 0.3) is 0 Å². The molecule has 0 aliphatic carbocycles. The van der Waals surface area contributed by atoms with Crippen LogP contribution in [0.3, 0.4) is 0 Å². The van der Waals surface area contributed by atoms with Crippen LogP contribution in [0.1, 0.15) is 33.1 Å². The first kappa shape index (κ1) is 13.2. The maximum Gasteiger partial charge on any atom is 0.0476 e. The topological polar surface area (TPSA) is 21.3 Å². The summed E-state index contributed by atoms with van der Waals surface area (Å²) >= 11 is 5.70. The summed E-state index contributed by atoms with van der Waals surface area (Å²) in [6.07, 6.45) is 3.26. The molecular weight excluding hydrogens is 186 g/mol. The van der Waals surface area contributed by atoms with Gasteiger partial charge < -0.3 is 10.1 Å². The van der Waals surface area contributed by atoms with Gasteiger partial charge in [-0.05, 0) is 26.2 Å². The van der Waals surface area contributed by atoms with Crippen LogP contribution in [0.4, 0.5) is 0 Å². The first-order valence-corrected chi connectivity index (χ1v) is 5.59. The van der Waals surface area contributed by atoms with Gasteiger partial charge in [0, 0.05) is 31.7 Å². The molecule has 0 amide bonds. The minimum absolute atomic E-state index is 0.521. The van der Waals surface area contributed by atoms with Crippen LogP contribution in [-0.4, -0.2) is 31.7 Å². The Morgan fingerprint density at radius 2 is 2.08 bits per heavy atom. The SMILES string of the molecule is CCC(CCCl)NC(C)CCOC. The molecule has 0 aromatic carbocycles. The molecule has 0 fully saturated rings. The molecule has 0 spiro atoms. The van der Waals surface area contributed by atoms with Crippen molar-refractivity contribution in [3.8, 4) is 0 Å². The van der Waals surface area contributed by atoms with Gasteiger partial charge in [-0.3, -0.25) is 0 Å². The average Bonchev–Trinajstić information content (AvgIpc) is 2.14. The van der Waals surface area contributed by atoms with Crippen molar-refractivity contribution in [1.82, 2.24) is 5.32 Å². The highest BCUT2D eigenvalue weighted by molar-refractivity contribution is 6.17. The molecule has 0 aromatic heterocycles. The van der Waals surface area contributed by atoms with Crippen molar-refractivity contribution in [3.63, 3.8) is 0 Å². The normalized spacial score (nSPS) is 15.7. The van der Waals surface area contributed by atoms with Gasteiger partial charge >= 0.3 is 0 Å². The summed E-state index contributed by atoms with van der Waals surface area (Å²) in [5.74, 6) is 0.739. The molecule has 0 aliphatic heterocycles. The Bertz CT molecular complexity index is 111. The number of nitrogens with one attached hydrogen (secondary N) is 1. The van der Waals surface area contributed by atoms with Crippen molar-refractivity contribution < 1.29 is 4.74 Å². The van der Waals surface area contributed by atoms with Crippen LogP contribution >= 0.6 is 11.6 Å². The predicted molar refractivity (Wildman–Crippen MR) is 58.5 cm³/mol. The van der Waals surface area contributed by atoms with Crippen LogP contribution in [0.25, 0.3) is 0 Å². The van der Waals surface area contributed by atoms with Crippen LogP contribution in [-0.2, 0) is 4.74 Å². The lowest BCUT2D eigenvalue weighted by molar-refractivity contribution is 0.182. The van der Waals surface area contributed by atoms with Crippen LogP contribution in [0, 0.1) is 0 Å². The zero-order chi connectivity index (χ0) is 10.1. The molecule has 0 aliphatic rings. The maximum atomic E-state index is 5.70. The summed E-state index contributed by atoms with van der Waals surface area (Å²) in [5.41, 5.74) is 0. The first-order valence-electron chi connectivity index (χ1n) is 5.05. The van der Waals surface area contributed by atoms with E-state index in [4.69, 9.17) is 16.3 Å². The Labute approximate surface area is 87.0 Å². The summed E-state index contributed by atoms with van der Waals surface area (Å²) < 4.78 is 5.02. The number of methoxy groups -OCH3 is 1. The maximum absolute atomic E-state index is 5.70. The standard InChI is InChI=1S/C10H22ClNO/c1-4-10(5-7-11)12-9(2)6-8-13-3/h9-10,12H,4-8H2,1-3H3. The quantitative estimate of drug-likeness (QED) is 0.618. The Morgan fingerprint density at radius 3 is 2.54 bits per heavy atom. The molecule has 80 valence electrons. The number of hydrogen-bond acceptors (Lipinski definition) is 2. The van der Waals surface area contributed by atoms with E-state index in [9.17, 15) is 0 Å². The second-order valence-electron chi connectivity index (χ2n) is 3.43. The lowest BCUT2D eigenvalue weighted by Crippen LogP contribution is -2.37. The highest BCUT2D eigenvalue weighted by Crippen LogP contribution is 2.02. The van der Waals surface area contributed by atoms with Gasteiger partial charge in [-0.1, -0.05) is 6.92 Å². The number of hydrogen-bond donors (Lipinski definition) is 1. The average molecular weight is 208 g/mol. The van der Waals surface area contributed by atoms with E-state index in [1.54, 1.807) is 7.11 Å². The van der Waals surface area contributed by atoms with E-state index in [0.29, 0.717) is 12.1 Å². The summed E-state index contributed by atoms with van der Waals surface area (Å²) in [6, 6.07) is 1.08. The Hall–Kier alpha value is 0.210. The molecule has 0 heterocycles. The number of rotatable bonds is 8. The second kappa shape index (κ2) is 8.79.